The molecular formula is C24H60FN2NdSi4. The third-order valence-corrected chi connectivity index (χ3v) is 61.4. The van der Waals surface area contributed by atoms with Crippen molar-refractivity contribution in [2.75, 3.05) is 0 Å². The molecule has 32 heavy (non-hydrogen) atoms. The van der Waals surface area contributed by atoms with Gasteiger partial charge in [0.25, 0.3) is 0 Å². The Morgan fingerprint density at radius 1 is 0.375 bits per heavy atom. The van der Waals surface area contributed by atoms with E-state index in [0.717, 1.165) is 0 Å². The van der Waals surface area contributed by atoms with E-state index in [9.17, 15) is 0 Å². The molecule has 0 saturated carbocycles. The van der Waals surface area contributed by atoms with Crippen LogP contribution in [0, 0.1) is 37.5 Å². The second kappa shape index (κ2) is 10.4. The fourth-order valence-corrected chi connectivity index (χ4v) is 51.3. The fraction of sp³-hybridized carbons (Fsp3) is 1.00. The Hall–Kier alpha value is 2.07. The van der Waals surface area contributed by atoms with E-state index in [4.69, 9.17) is 0 Å². The van der Waals surface area contributed by atoms with Crippen LogP contribution in [0.4, 0.5) is 0 Å². The van der Waals surface area contributed by atoms with Gasteiger partial charge in [-0.3, -0.25) is 0 Å². The summed E-state index contributed by atoms with van der Waals surface area (Å²) < 4.78 is 6.72. The Morgan fingerprint density at radius 3 is 0.594 bits per heavy atom. The summed E-state index contributed by atoms with van der Waals surface area (Å²) in [4.78, 5) is 0. The molecule has 0 atom stereocenters. The van der Waals surface area contributed by atoms with Crippen LogP contribution in [-0.4, -0.2) is 33.6 Å². The van der Waals surface area contributed by atoms with Gasteiger partial charge in [0.1, 0.15) is 0 Å². The van der Waals surface area contributed by atoms with Crippen molar-refractivity contribution in [3.63, 3.8) is 0 Å². The molecule has 0 saturated heterocycles. The van der Waals surface area contributed by atoms with Crippen molar-refractivity contribution in [1.82, 2.24) is 0.627 Å². The quantitative estimate of drug-likeness (QED) is 0.302. The van der Waals surface area contributed by atoms with Crippen LogP contribution in [0.5, 0.6) is 0 Å². The zero-order valence-corrected chi connectivity index (χ0v) is 33.0. The van der Waals surface area contributed by atoms with Gasteiger partial charge in [-0.15, -0.1) is 0 Å². The van der Waals surface area contributed by atoms with Gasteiger partial charge in [0.15, 0.2) is 0 Å². The van der Waals surface area contributed by atoms with E-state index in [0.29, 0.717) is 20.2 Å². The molecule has 8 heteroatoms. The summed E-state index contributed by atoms with van der Waals surface area (Å²) in [6.07, 6.45) is 0. The number of nitrogens with zero attached hydrogens (tertiary/aromatic N) is 2. The molecule has 193 valence electrons. The SMILES string of the molecule is CC(C)(C)[Si](C)(C)[N]([Nd+][N]([Si](C)(C)C(C)(C)C)[Si](C)(C)C(C)(C)C)[Si](C)(C)C(C)(C)C.[F-]. The van der Waals surface area contributed by atoms with Gasteiger partial charge in [0, 0.05) is 0 Å². The van der Waals surface area contributed by atoms with Crippen molar-refractivity contribution < 1.29 is 42.2 Å². The van der Waals surface area contributed by atoms with Crippen molar-refractivity contribution in [2.24, 2.45) is 0 Å². The van der Waals surface area contributed by atoms with Crippen molar-refractivity contribution in [3.8, 4) is 0 Å². The molecule has 0 aliphatic heterocycles. The summed E-state index contributed by atoms with van der Waals surface area (Å²) in [7, 11) is -6.54. The van der Waals surface area contributed by atoms with Crippen LogP contribution in [-0.2, 0) is 0 Å². The van der Waals surface area contributed by atoms with E-state index >= 15 is 0 Å². The van der Waals surface area contributed by atoms with Gasteiger partial charge >= 0.3 is 227 Å². The van der Waals surface area contributed by atoms with E-state index in [-0.39, 0.29) is 4.70 Å². The van der Waals surface area contributed by atoms with Crippen molar-refractivity contribution in [3.05, 3.63) is 0 Å². The first-order chi connectivity index (χ1) is 13.0. The molecule has 0 bridgehead atoms. The van der Waals surface area contributed by atoms with Crippen LogP contribution in [0.3, 0.4) is 0 Å². The number of rotatable bonds is 6. The summed E-state index contributed by atoms with van der Waals surface area (Å²) in [6, 6.07) is 0. The Balaban J connectivity index is 0. The van der Waals surface area contributed by atoms with Gasteiger partial charge in [-0.1, -0.05) is 0 Å². The third-order valence-electron chi connectivity index (χ3n) is 9.78. The molecule has 0 aliphatic carbocycles. The predicted molar refractivity (Wildman–Crippen MR) is 152 cm³/mol. The normalized spacial score (nSPS) is 15.7. The van der Waals surface area contributed by atoms with Gasteiger partial charge in [0.2, 0.25) is 0 Å². The minimum absolute atomic E-state index is 0. The smallest absolute Gasteiger partial charge is 1.00 e. The molecule has 0 radical (unpaired) electrons. The second-order valence-corrected chi connectivity index (χ2v) is 46.4. The van der Waals surface area contributed by atoms with Crippen LogP contribution in [0.25, 0.3) is 0 Å². The summed E-state index contributed by atoms with van der Waals surface area (Å²) in [5.74, 6) is 0. The monoisotopic (exact) mass is 649 g/mol. The minimum Gasteiger partial charge on any atom is -1.00 e. The Morgan fingerprint density at radius 2 is 0.500 bits per heavy atom. The van der Waals surface area contributed by atoms with Crippen LogP contribution < -0.4 is 4.70 Å². The van der Waals surface area contributed by atoms with Crippen LogP contribution >= 0.6 is 0 Å². The maximum atomic E-state index is 3.36. The van der Waals surface area contributed by atoms with Crippen molar-refractivity contribution in [2.45, 2.75) is 156 Å². The fourth-order valence-electron chi connectivity index (χ4n) is 3.34. The topological polar surface area (TPSA) is 6.48 Å². The van der Waals surface area contributed by atoms with Crippen molar-refractivity contribution >= 4 is 32.9 Å². The van der Waals surface area contributed by atoms with Gasteiger partial charge < -0.3 is 4.70 Å². The molecule has 0 heterocycles. The average Bonchev–Trinajstić information content (AvgIpc) is 2.41. The zero-order chi connectivity index (χ0) is 25.9. The average molecular weight is 652 g/mol. The number of hydrogen-bond donors (Lipinski definition) is 0. The molecule has 0 rings (SSSR count). The molecule has 0 aliphatic rings. The number of halogens is 1. The van der Waals surface area contributed by atoms with Gasteiger partial charge in [-0.05, 0) is 0 Å². The third kappa shape index (κ3) is 7.09. The van der Waals surface area contributed by atoms with E-state index in [1.807, 2.05) is 0 Å². The maximum Gasteiger partial charge on any atom is -1.00 e. The van der Waals surface area contributed by atoms with Crippen LogP contribution in [0.2, 0.25) is 72.5 Å². The molecule has 0 N–H and O–H groups in total. The van der Waals surface area contributed by atoms with Gasteiger partial charge in [-0.2, -0.15) is 0 Å². The molecule has 0 fully saturated rings. The largest absolute Gasteiger partial charge is 1.00 e. The molecule has 0 spiro atoms. The van der Waals surface area contributed by atoms with Crippen LogP contribution in [0.15, 0.2) is 0 Å². The van der Waals surface area contributed by atoms with E-state index in [1.54, 1.807) is 0 Å². The summed E-state index contributed by atoms with van der Waals surface area (Å²) in [5.41, 5.74) is 0. The summed E-state index contributed by atoms with van der Waals surface area (Å²) in [5, 5.41) is 1.56. The Kier molecular flexibility index (Phi) is 11.8. The van der Waals surface area contributed by atoms with Gasteiger partial charge in [-0.25, -0.2) is 0 Å². The molecule has 0 amide bonds. The van der Waals surface area contributed by atoms with Crippen molar-refractivity contribution in [1.29, 1.82) is 0 Å². The maximum absolute atomic E-state index is 3.36. The van der Waals surface area contributed by atoms with Gasteiger partial charge in [0.05, 0.1) is 0 Å². The standard InChI is InChI=1S/2C12H30NSi2.FH.Nd/c2*1-11(2,3)14(7,8)13-15(9,10)12(4,5)6;;/h2*1-10H3;1H;/q2*-1;;+3/p-1. The molecular weight excluding hydrogens is 592 g/mol. The molecule has 0 unspecified atom stereocenters. The minimum atomic E-state index is -1.63. The first-order valence-corrected chi connectivity index (χ1v) is 27.0. The molecule has 0 aromatic carbocycles. The predicted octanol–water partition coefficient (Wildman–Crippen LogP) is 6.53. The molecule has 2 nitrogen and oxygen atoms in total. The first-order valence-electron chi connectivity index (χ1n) is 12.3. The van der Waals surface area contributed by atoms with E-state index in [2.05, 4.69) is 136 Å². The zero-order valence-electron chi connectivity index (χ0n) is 25.8. The van der Waals surface area contributed by atoms with Crippen LogP contribution in [0.1, 0.15) is 83.1 Å². The molecule has 0 aromatic heterocycles. The first kappa shape index (κ1) is 36.2. The summed E-state index contributed by atoms with van der Waals surface area (Å²) >= 11 is -1.29. The van der Waals surface area contributed by atoms with E-state index in [1.165, 1.54) is 0 Å². The second-order valence-electron chi connectivity index (χ2n) is 16.0. The number of hydrogen-bond acceptors (Lipinski definition) is 2. The molecule has 0 aromatic rings. The van der Waals surface area contributed by atoms with E-state index < -0.39 is 70.4 Å². The Bertz CT molecular complexity index is 516. The Labute approximate surface area is 229 Å². The summed E-state index contributed by atoms with van der Waals surface area (Å²) in [6.45, 7) is 52.0.